The first kappa shape index (κ1) is 23.5. The summed E-state index contributed by atoms with van der Waals surface area (Å²) in [5.74, 6) is 0.476. The van der Waals surface area contributed by atoms with Gasteiger partial charge in [0.1, 0.15) is 11.8 Å². The summed E-state index contributed by atoms with van der Waals surface area (Å²) in [5.41, 5.74) is 3.71. The van der Waals surface area contributed by atoms with Gasteiger partial charge in [-0.3, -0.25) is 9.59 Å². The Kier molecular flexibility index (Phi) is 7.65. The Morgan fingerprint density at radius 3 is 2.43 bits per heavy atom. The molecule has 30 heavy (non-hydrogen) atoms. The zero-order valence-corrected chi connectivity index (χ0v) is 19.2. The lowest BCUT2D eigenvalue weighted by Gasteiger charge is -2.31. The second-order valence-electron chi connectivity index (χ2n) is 8.90. The van der Waals surface area contributed by atoms with E-state index in [-0.39, 0.29) is 23.8 Å². The van der Waals surface area contributed by atoms with Gasteiger partial charge in [0.25, 0.3) is 0 Å². The van der Waals surface area contributed by atoms with Gasteiger partial charge < -0.3 is 15.0 Å². The van der Waals surface area contributed by atoms with Gasteiger partial charge in [-0.25, -0.2) is 0 Å². The van der Waals surface area contributed by atoms with E-state index in [0.29, 0.717) is 6.54 Å². The molecule has 0 saturated heterocycles. The normalized spacial score (nSPS) is 12.2. The van der Waals surface area contributed by atoms with Crippen LogP contribution in [0.5, 0.6) is 5.75 Å². The summed E-state index contributed by atoms with van der Waals surface area (Å²) < 4.78 is 5.31. The fourth-order valence-electron chi connectivity index (χ4n) is 3.28. The molecule has 2 amide bonds. The molecule has 0 aliphatic heterocycles. The molecule has 162 valence electrons. The number of rotatable bonds is 7. The summed E-state index contributed by atoms with van der Waals surface area (Å²) >= 11 is 0. The monoisotopic (exact) mass is 410 g/mol. The minimum absolute atomic E-state index is 0.0805. The highest BCUT2D eigenvalue weighted by molar-refractivity contribution is 5.88. The number of carbonyl (C=O) groups is 2. The van der Waals surface area contributed by atoms with Crippen molar-refractivity contribution in [3.8, 4) is 5.75 Å². The highest BCUT2D eigenvalue weighted by Crippen LogP contribution is 2.19. The van der Waals surface area contributed by atoms with Crippen molar-refractivity contribution < 1.29 is 14.3 Å². The molecular formula is C25H34N2O3. The molecule has 1 atom stereocenters. The third-order valence-electron chi connectivity index (χ3n) is 5.00. The van der Waals surface area contributed by atoms with Crippen molar-refractivity contribution in [1.29, 1.82) is 0 Å². The summed E-state index contributed by atoms with van der Waals surface area (Å²) in [5, 5.41) is 2.99. The first-order valence-corrected chi connectivity index (χ1v) is 10.3. The zero-order chi connectivity index (χ0) is 22.5. The Bertz CT molecular complexity index is 900. The van der Waals surface area contributed by atoms with Crippen molar-refractivity contribution in [2.45, 2.75) is 66.1 Å². The summed E-state index contributed by atoms with van der Waals surface area (Å²) in [6.07, 6.45) is 0.255. The fourth-order valence-corrected chi connectivity index (χ4v) is 3.28. The maximum absolute atomic E-state index is 13.4. The van der Waals surface area contributed by atoms with Gasteiger partial charge in [-0.05, 0) is 70.4 Å². The van der Waals surface area contributed by atoms with Crippen LogP contribution in [-0.2, 0) is 22.6 Å². The minimum Gasteiger partial charge on any atom is -0.497 e. The van der Waals surface area contributed by atoms with Crippen molar-refractivity contribution in [2.24, 2.45) is 0 Å². The molecule has 2 aromatic carbocycles. The number of hydrogen-bond acceptors (Lipinski definition) is 3. The molecule has 0 aliphatic rings. The maximum atomic E-state index is 13.4. The Labute approximate surface area is 180 Å². The van der Waals surface area contributed by atoms with Gasteiger partial charge in [0.2, 0.25) is 11.8 Å². The van der Waals surface area contributed by atoms with Crippen LogP contribution in [0.15, 0.2) is 42.5 Å². The molecule has 0 spiro atoms. The summed E-state index contributed by atoms with van der Waals surface area (Å²) in [7, 11) is 1.61. The number of carbonyl (C=O) groups excluding carboxylic acids is 2. The lowest BCUT2D eigenvalue weighted by Crippen LogP contribution is -2.52. The molecule has 0 aromatic heterocycles. The summed E-state index contributed by atoms with van der Waals surface area (Å²) in [6, 6.07) is 13.1. The molecule has 0 heterocycles. The average Bonchev–Trinajstić information content (AvgIpc) is 2.67. The number of methoxy groups -OCH3 is 1. The number of benzene rings is 2. The Balaban J connectivity index is 2.32. The smallest absolute Gasteiger partial charge is 0.242 e. The van der Waals surface area contributed by atoms with Crippen LogP contribution in [0.3, 0.4) is 0 Å². The Morgan fingerprint density at radius 1 is 1.10 bits per heavy atom. The fraction of sp³-hybridized carbons (Fsp3) is 0.440. The summed E-state index contributed by atoms with van der Waals surface area (Å²) in [6.45, 7) is 11.9. The topological polar surface area (TPSA) is 58.6 Å². The molecule has 0 bridgehead atoms. The SMILES string of the molecule is COc1cccc(CN(C(=O)Cc2cc(C)ccc2C)[C@@H](C)C(=O)NC(C)(C)C)c1. The van der Waals surface area contributed by atoms with E-state index in [2.05, 4.69) is 5.32 Å². The number of amides is 2. The van der Waals surface area contributed by atoms with E-state index in [4.69, 9.17) is 4.74 Å². The molecule has 0 fully saturated rings. The maximum Gasteiger partial charge on any atom is 0.242 e. The highest BCUT2D eigenvalue weighted by Gasteiger charge is 2.28. The van der Waals surface area contributed by atoms with E-state index < -0.39 is 6.04 Å². The quantitative estimate of drug-likeness (QED) is 0.745. The number of hydrogen-bond donors (Lipinski definition) is 1. The van der Waals surface area contributed by atoms with E-state index in [1.165, 1.54) is 0 Å². The van der Waals surface area contributed by atoms with Crippen molar-refractivity contribution >= 4 is 11.8 Å². The van der Waals surface area contributed by atoms with Crippen molar-refractivity contribution in [3.63, 3.8) is 0 Å². The second kappa shape index (κ2) is 9.79. The third-order valence-corrected chi connectivity index (χ3v) is 5.00. The molecule has 0 radical (unpaired) electrons. The third kappa shape index (κ3) is 6.61. The van der Waals surface area contributed by atoms with E-state index in [9.17, 15) is 9.59 Å². The molecule has 5 nitrogen and oxygen atoms in total. The molecule has 5 heteroatoms. The lowest BCUT2D eigenvalue weighted by molar-refractivity contribution is -0.140. The molecule has 0 unspecified atom stereocenters. The van der Waals surface area contributed by atoms with E-state index in [0.717, 1.165) is 28.0 Å². The van der Waals surface area contributed by atoms with Crippen LogP contribution in [0, 0.1) is 13.8 Å². The van der Waals surface area contributed by atoms with Crippen LogP contribution >= 0.6 is 0 Å². The van der Waals surface area contributed by atoms with E-state index in [1.807, 2.05) is 77.1 Å². The van der Waals surface area contributed by atoms with Gasteiger partial charge in [0.15, 0.2) is 0 Å². The number of aryl methyl sites for hydroxylation is 2. The molecule has 2 rings (SSSR count). The molecule has 2 aromatic rings. The molecule has 0 saturated carbocycles. The van der Waals surface area contributed by atoms with Gasteiger partial charge >= 0.3 is 0 Å². The van der Waals surface area contributed by atoms with Gasteiger partial charge in [-0.15, -0.1) is 0 Å². The van der Waals surface area contributed by atoms with E-state index >= 15 is 0 Å². The van der Waals surface area contributed by atoms with Gasteiger partial charge in [0, 0.05) is 12.1 Å². The predicted octanol–water partition coefficient (Wildman–Crippen LogP) is 4.19. The minimum atomic E-state index is -0.604. The number of ether oxygens (including phenoxy) is 1. The van der Waals surface area contributed by atoms with Crippen molar-refractivity contribution in [3.05, 3.63) is 64.7 Å². The Morgan fingerprint density at radius 2 is 1.80 bits per heavy atom. The van der Waals surface area contributed by atoms with Crippen molar-refractivity contribution in [1.82, 2.24) is 10.2 Å². The van der Waals surface area contributed by atoms with Gasteiger partial charge in [-0.2, -0.15) is 0 Å². The molecule has 0 aliphatic carbocycles. The standard InChI is InChI=1S/C25H34N2O3/c1-17-11-12-18(2)21(13-17)15-23(28)27(19(3)24(29)26-25(4,5)6)16-20-9-8-10-22(14-20)30-7/h8-14,19H,15-16H2,1-7H3,(H,26,29)/t19-/m0/s1. The first-order chi connectivity index (χ1) is 14.0. The average molecular weight is 411 g/mol. The van der Waals surface area contributed by atoms with Crippen LogP contribution in [0.1, 0.15) is 49.9 Å². The highest BCUT2D eigenvalue weighted by atomic mass is 16.5. The number of nitrogens with zero attached hydrogens (tertiary/aromatic N) is 1. The zero-order valence-electron chi connectivity index (χ0n) is 19.2. The Hall–Kier alpha value is -2.82. The van der Waals surface area contributed by atoms with Gasteiger partial charge in [0.05, 0.1) is 13.5 Å². The molecular weight excluding hydrogens is 376 g/mol. The molecule has 1 N–H and O–H groups in total. The summed E-state index contributed by atoms with van der Waals surface area (Å²) in [4.78, 5) is 27.9. The van der Waals surface area contributed by atoms with Crippen LogP contribution in [0.25, 0.3) is 0 Å². The largest absolute Gasteiger partial charge is 0.497 e. The van der Waals surface area contributed by atoms with Crippen LogP contribution in [0.2, 0.25) is 0 Å². The number of nitrogens with one attached hydrogen (secondary N) is 1. The van der Waals surface area contributed by atoms with Gasteiger partial charge in [-0.1, -0.05) is 35.9 Å². The lowest BCUT2D eigenvalue weighted by atomic mass is 10.0. The van der Waals surface area contributed by atoms with Crippen LogP contribution in [0.4, 0.5) is 0 Å². The predicted molar refractivity (Wildman–Crippen MR) is 121 cm³/mol. The van der Waals surface area contributed by atoms with Crippen LogP contribution < -0.4 is 10.1 Å². The van der Waals surface area contributed by atoms with Crippen molar-refractivity contribution in [2.75, 3.05) is 7.11 Å². The first-order valence-electron chi connectivity index (χ1n) is 10.3. The van der Waals surface area contributed by atoms with Crippen LogP contribution in [-0.4, -0.2) is 35.4 Å². The van der Waals surface area contributed by atoms with E-state index in [1.54, 1.807) is 18.9 Å². The second-order valence-corrected chi connectivity index (χ2v) is 8.90.